The van der Waals surface area contributed by atoms with Gasteiger partial charge in [0.25, 0.3) is 0 Å². The molecule has 0 aliphatic heterocycles. The minimum Gasteiger partial charge on any atom is -0.396 e. The van der Waals surface area contributed by atoms with Gasteiger partial charge in [0.05, 0.1) is 0 Å². The van der Waals surface area contributed by atoms with Crippen molar-refractivity contribution in [2.45, 2.75) is 25.7 Å². The second-order valence-corrected chi connectivity index (χ2v) is 4.60. The third-order valence-electron chi connectivity index (χ3n) is 2.91. The summed E-state index contributed by atoms with van der Waals surface area (Å²) in [5.74, 6) is 0. The zero-order valence-corrected chi connectivity index (χ0v) is 7.94. The molecular formula is C10H14OS. The van der Waals surface area contributed by atoms with E-state index in [0.29, 0.717) is 6.61 Å². The Morgan fingerprint density at radius 3 is 2.75 bits per heavy atom. The molecule has 0 bridgehead atoms. The van der Waals surface area contributed by atoms with Crippen LogP contribution in [-0.4, -0.2) is 11.7 Å². The third-order valence-corrected chi connectivity index (χ3v) is 3.64. The molecule has 1 N–H and O–H groups in total. The predicted octanol–water partition coefficient (Wildman–Crippen LogP) is 2.45. The first-order chi connectivity index (χ1) is 5.85. The van der Waals surface area contributed by atoms with E-state index in [1.54, 1.807) is 11.3 Å². The Kier molecular flexibility index (Phi) is 2.20. The number of thiophene rings is 1. The van der Waals surface area contributed by atoms with Crippen LogP contribution in [0, 0.1) is 5.41 Å². The van der Waals surface area contributed by atoms with Crippen LogP contribution in [0.1, 0.15) is 24.8 Å². The lowest BCUT2D eigenvalue weighted by Crippen LogP contribution is -2.35. The molecule has 0 unspecified atom stereocenters. The van der Waals surface area contributed by atoms with Crippen molar-refractivity contribution >= 4 is 11.3 Å². The fraction of sp³-hybridized carbons (Fsp3) is 0.600. The average Bonchev–Trinajstić information content (AvgIpc) is 2.49. The van der Waals surface area contributed by atoms with Crippen molar-refractivity contribution in [2.24, 2.45) is 5.41 Å². The van der Waals surface area contributed by atoms with E-state index in [-0.39, 0.29) is 5.41 Å². The van der Waals surface area contributed by atoms with Crippen LogP contribution in [-0.2, 0) is 6.42 Å². The molecule has 0 saturated heterocycles. The second-order valence-electron chi connectivity index (χ2n) is 3.82. The fourth-order valence-electron chi connectivity index (χ4n) is 1.89. The highest BCUT2D eigenvalue weighted by molar-refractivity contribution is 7.07. The number of hydrogen-bond donors (Lipinski definition) is 1. The van der Waals surface area contributed by atoms with E-state index in [9.17, 15) is 5.11 Å². The Bertz CT molecular complexity index is 231. The maximum atomic E-state index is 9.24. The second kappa shape index (κ2) is 3.19. The predicted molar refractivity (Wildman–Crippen MR) is 51.4 cm³/mol. The molecule has 2 rings (SSSR count). The molecule has 12 heavy (non-hydrogen) atoms. The van der Waals surface area contributed by atoms with Crippen molar-refractivity contribution < 1.29 is 5.11 Å². The molecule has 0 amide bonds. The first-order valence-corrected chi connectivity index (χ1v) is 5.41. The summed E-state index contributed by atoms with van der Waals surface area (Å²) >= 11 is 1.74. The Hall–Kier alpha value is -0.340. The number of aliphatic hydroxyl groups excluding tert-OH is 1. The molecule has 2 heteroatoms. The SMILES string of the molecule is OCC1(Cc2ccsc2)CCC1. The van der Waals surface area contributed by atoms with Crippen LogP contribution in [0.4, 0.5) is 0 Å². The molecule has 0 aromatic carbocycles. The zero-order chi connectivity index (χ0) is 8.44. The minimum absolute atomic E-state index is 0.251. The van der Waals surface area contributed by atoms with Crippen LogP contribution in [0.2, 0.25) is 0 Å². The molecule has 1 heterocycles. The first-order valence-electron chi connectivity index (χ1n) is 4.47. The maximum Gasteiger partial charge on any atom is 0.0490 e. The van der Waals surface area contributed by atoms with Crippen molar-refractivity contribution in [3.8, 4) is 0 Å². The Morgan fingerprint density at radius 2 is 2.33 bits per heavy atom. The minimum atomic E-state index is 0.251. The standard InChI is InChI=1S/C10H14OS/c11-8-10(3-1-4-10)6-9-2-5-12-7-9/h2,5,7,11H,1,3-4,6,8H2. The van der Waals surface area contributed by atoms with Crippen molar-refractivity contribution in [1.82, 2.24) is 0 Å². The van der Waals surface area contributed by atoms with Crippen LogP contribution >= 0.6 is 11.3 Å². The molecule has 1 saturated carbocycles. The summed E-state index contributed by atoms with van der Waals surface area (Å²) in [6, 6.07) is 2.17. The van der Waals surface area contributed by atoms with Gasteiger partial charge < -0.3 is 5.11 Å². The van der Waals surface area contributed by atoms with Crippen molar-refractivity contribution in [3.05, 3.63) is 22.4 Å². The van der Waals surface area contributed by atoms with Crippen molar-refractivity contribution in [1.29, 1.82) is 0 Å². The van der Waals surface area contributed by atoms with Gasteiger partial charge in [0.1, 0.15) is 0 Å². The monoisotopic (exact) mass is 182 g/mol. The van der Waals surface area contributed by atoms with E-state index >= 15 is 0 Å². The molecule has 1 aliphatic carbocycles. The summed E-state index contributed by atoms with van der Waals surface area (Å²) in [5, 5.41) is 13.5. The molecule has 0 radical (unpaired) electrons. The van der Waals surface area contributed by atoms with Gasteiger partial charge in [0.2, 0.25) is 0 Å². The van der Waals surface area contributed by atoms with E-state index in [1.165, 1.54) is 24.8 Å². The Balaban J connectivity index is 2.01. The molecule has 1 fully saturated rings. The maximum absolute atomic E-state index is 9.24. The normalized spacial score (nSPS) is 20.4. The number of hydrogen-bond acceptors (Lipinski definition) is 2. The number of rotatable bonds is 3. The third kappa shape index (κ3) is 1.41. The van der Waals surface area contributed by atoms with Crippen LogP contribution in [0.3, 0.4) is 0 Å². The highest BCUT2D eigenvalue weighted by atomic mass is 32.1. The van der Waals surface area contributed by atoms with E-state index in [2.05, 4.69) is 16.8 Å². The zero-order valence-electron chi connectivity index (χ0n) is 7.12. The summed E-state index contributed by atoms with van der Waals surface area (Å²) in [6.45, 7) is 0.364. The molecule has 66 valence electrons. The molecule has 1 aromatic rings. The molecular weight excluding hydrogens is 168 g/mol. The summed E-state index contributed by atoms with van der Waals surface area (Å²) in [4.78, 5) is 0. The topological polar surface area (TPSA) is 20.2 Å². The van der Waals surface area contributed by atoms with E-state index < -0.39 is 0 Å². The van der Waals surface area contributed by atoms with Crippen LogP contribution in [0.15, 0.2) is 16.8 Å². The first kappa shape index (κ1) is 8.27. The van der Waals surface area contributed by atoms with Crippen LogP contribution in [0.5, 0.6) is 0 Å². The van der Waals surface area contributed by atoms with Gasteiger partial charge >= 0.3 is 0 Å². The van der Waals surface area contributed by atoms with E-state index in [4.69, 9.17) is 0 Å². The Labute approximate surface area is 77.0 Å². The highest BCUT2D eigenvalue weighted by Gasteiger charge is 2.36. The quantitative estimate of drug-likeness (QED) is 0.761. The van der Waals surface area contributed by atoms with Gasteiger partial charge in [-0.2, -0.15) is 11.3 Å². The highest BCUT2D eigenvalue weighted by Crippen LogP contribution is 2.43. The molecule has 1 aromatic heterocycles. The smallest absolute Gasteiger partial charge is 0.0490 e. The van der Waals surface area contributed by atoms with Gasteiger partial charge in [0, 0.05) is 6.61 Å². The molecule has 0 spiro atoms. The van der Waals surface area contributed by atoms with E-state index in [0.717, 1.165) is 6.42 Å². The fourth-order valence-corrected chi connectivity index (χ4v) is 2.56. The lowest BCUT2D eigenvalue weighted by atomic mass is 9.66. The Morgan fingerprint density at radius 1 is 1.50 bits per heavy atom. The lowest BCUT2D eigenvalue weighted by Gasteiger charge is -2.40. The molecule has 1 nitrogen and oxygen atoms in total. The molecule has 1 aliphatic rings. The van der Waals surface area contributed by atoms with Crippen molar-refractivity contribution in [3.63, 3.8) is 0 Å². The van der Waals surface area contributed by atoms with E-state index in [1.807, 2.05) is 0 Å². The lowest BCUT2D eigenvalue weighted by molar-refractivity contribution is 0.0451. The van der Waals surface area contributed by atoms with Gasteiger partial charge in [-0.15, -0.1) is 0 Å². The summed E-state index contributed by atoms with van der Waals surface area (Å²) in [6.07, 6.45) is 4.79. The number of aliphatic hydroxyl groups is 1. The van der Waals surface area contributed by atoms with Crippen molar-refractivity contribution in [2.75, 3.05) is 6.61 Å². The summed E-state index contributed by atoms with van der Waals surface area (Å²) < 4.78 is 0. The molecule has 0 atom stereocenters. The average molecular weight is 182 g/mol. The van der Waals surface area contributed by atoms with Gasteiger partial charge in [0.15, 0.2) is 0 Å². The van der Waals surface area contributed by atoms with Gasteiger partial charge in [-0.1, -0.05) is 6.42 Å². The van der Waals surface area contributed by atoms with Crippen LogP contribution in [0.25, 0.3) is 0 Å². The largest absolute Gasteiger partial charge is 0.396 e. The summed E-state index contributed by atoms with van der Waals surface area (Å²) in [5.41, 5.74) is 1.65. The summed E-state index contributed by atoms with van der Waals surface area (Å²) in [7, 11) is 0. The van der Waals surface area contributed by atoms with Gasteiger partial charge in [-0.25, -0.2) is 0 Å². The van der Waals surface area contributed by atoms with Crippen LogP contribution < -0.4 is 0 Å². The van der Waals surface area contributed by atoms with Gasteiger partial charge in [-0.05, 0) is 47.1 Å². The van der Waals surface area contributed by atoms with Gasteiger partial charge in [-0.3, -0.25) is 0 Å².